The van der Waals surface area contributed by atoms with Gasteiger partial charge >= 0.3 is 306 Å². The SMILES string of the molecule is Cc1cc(N2c3[c-]c(Oc4[c-]c(-n5[c](=[Pt])n(-c6c(-c7ccccc7)cccc6-c6ccccc6)c6ccccc65)ccc4)ccc3C3(c4ccccc42)c2ccccc2N(c2cc(C(C)(C)C)cc(C(C)(C)C)c2)c2ccccc23)ncc1-c1ccc(-c2ccccc2)cc1. The number of nitrogens with zero attached hydrogens (tertiary/aromatic N) is 5. The van der Waals surface area contributed by atoms with Crippen LogP contribution in [-0.4, -0.2) is 14.1 Å². The van der Waals surface area contributed by atoms with Crippen molar-refractivity contribution in [3.63, 3.8) is 0 Å². The van der Waals surface area contributed by atoms with Crippen LogP contribution in [0.5, 0.6) is 11.5 Å². The maximum absolute atomic E-state index is 7.20. The number of hydrogen-bond acceptors (Lipinski definition) is 4. The number of para-hydroxylation sites is 6. The first-order valence-electron chi connectivity index (χ1n) is 32.6. The molecule has 0 aliphatic carbocycles. The van der Waals surface area contributed by atoms with Crippen molar-refractivity contribution in [1.29, 1.82) is 0 Å². The second kappa shape index (κ2) is 23.4. The van der Waals surface area contributed by atoms with Crippen LogP contribution >= 0.6 is 0 Å². The second-order valence-corrected chi connectivity index (χ2v) is 28.0. The van der Waals surface area contributed by atoms with E-state index in [1.165, 1.54) is 33.4 Å². The van der Waals surface area contributed by atoms with Crippen LogP contribution in [0.1, 0.15) is 80.5 Å². The molecule has 2 aliphatic rings. The fourth-order valence-corrected chi connectivity index (χ4v) is 15.5. The van der Waals surface area contributed by atoms with Crippen LogP contribution in [0.3, 0.4) is 0 Å². The fraction of sp³-hybridized carbons (Fsp3) is 0.114. The van der Waals surface area contributed by atoms with Gasteiger partial charge in [0.1, 0.15) is 0 Å². The van der Waals surface area contributed by atoms with Crippen molar-refractivity contribution in [1.82, 2.24) is 14.1 Å². The summed E-state index contributed by atoms with van der Waals surface area (Å²) in [4.78, 5) is 10.3. The molecule has 14 aromatic rings. The van der Waals surface area contributed by atoms with E-state index in [4.69, 9.17) is 9.72 Å². The summed E-state index contributed by atoms with van der Waals surface area (Å²) in [6.45, 7) is 16.1. The molecule has 1 spiro atoms. The number of imidazole rings is 1. The monoisotopic (exact) mass is 1410 g/mol. The first kappa shape index (κ1) is 59.4. The minimum absolute atomic E-state index is 0.0936. The number of benzene rings is 12. The summed E-state index contributed by atoms with van der Waals surface area (Å²) in [6.07, 6.45) is 2.04. The van der Waals surface area contributed by atoms with Gasteiger partial charge in [0.2, 0.25) is 0 Å². The summed E-state index contributed by atoms with van der Waals surface area (Å²) in [5.41, 5.74) is 25.5. The van der Waals surface area contributed by atoms with Crippen molar-refractivity contribution in [2.24, 2.45) is 0 Å². The molecular formula is C88H69N5OPt-2. The Morgan fingerprint density at radius 3 is 1.42 bits per heavy atom. The number of anilines is 6. The van der Waals surface area contributed by atoms with E-state index in [2.05, 4.69) is 378 Å². The Hall–Kier alpha value is -10.7. The third-order valence-electron chi connectivity index (χ3n) is 19.1. The molecule has 0 atom stereocenters. The van der Waals surface area contributed by atoms with Gasteiger partial charge in [-0.25, -0.2) is 0 Å². The van der Waals surface area contributed by atoms with Crippen molar-refractivity contribution < 1.29 is 24.1 Å². The summed E-state index contributed by atoms with van der Waals surface area (Å²) in [5.74, 6) is 1.87. The smallest absolute Gasteiger partial charge is 0.310 e. The number of ether oxygens (including phenoxy) is 1. The van der Waals surface area contributed by atoms with Crippen LogP contribution in [0.4, 0.5) is 34.3 Å². The van der Waals surface area contributed by atoms with E-state index in [1.807, 2.05) is 12.3 Å². The number of hydrogen-bond donors (Lipinski definition) is 0. The molecule has 0 radical (unpaired) electrons. The third kappa shape index (κ3) is 10.1. The quantitative estimate of drug-likeness (QED) is 0.128. The predicted molar refractivity (Wildman–Crippen MR) is 387 cm³/mol. The third-order valence-corrected chi connectivity index (χ3v) is 20.1. The van der Waals surface area contributed by atoms with Gasteiger partial charge in [0.05, 0.1) is 0 Å². The summed E-state index contributed by atoms with van der Waals surface area (Å²) in [7, 11) is 0. The van der Waals surface area contributed by atoms with Gasteiger partial charge in [-0.2, -0.15) is 0 Å². The minimum atomic E-state index is -0.835. The normalized spacial score (nSPS) is 13.1. The van der Waals surface area contributed by atoms with E-state index >= 15 is 0 Å². The Morgan fingerprint density at radius 2 is 0.863 bits per heavy atom. The van der Waals surface area contributed by atoms with Crippen molar-refractivity contribution >= 4 is 45.3 Å². The summed E-state index contributed by atoms with van der Waals surface area (Å²) in [6, 6.07) is 111. The zero-order chi connectivity index (χ0) is 64.7. The van der Waals surface area contributed by atoms with E-state index in [1.54, 1.807) is 0 Å². The number of aromatic nitrogens is 3. The fourth-order valence-electron chi connectivity index (χ4n) is 14.4. The van der Waals surface area contributed by atoms with Crippen LogP contribution in [0.2, 0.25) is 0 Å². The molecule has 0 unspecified atom stereocenters. The van der Waals surface area contributed by atoms with Gasteiger partial charge in [-0.15, -0.1) is 0 Å². The zero-order valence-electron chi connectivity index (χ0n) is 54.2. The first-order valence-corrected chi connectivity index (χ1v) is 33.7. The maximum atomic E-state index is 7.20. The van der Waals surface area contributed by atoms with Crippen LogP contribution < -0.4 is 14.5 Å². The summed E-state index contributed by atoms with van der Waals surface area (Å²) < 4.78 is 12.9. The minimum Gasteiger partial charge on any atom is -0.310 e. The average molecular weight is 1410 g/mol. The molecule has 0 saturated heterocycles. The number of rotatable bonds is 10. The topological polar surface area (TPSA) is 38.5 Å². The Kier molecular flexibility index (Phi) is 14.6. The number of aryl methyl sites for hydroxylation is 1. The van der Waals surface area contributed by atoms with Crippen molar-refractivity contribution in [3.05, 3.63) is 346 Å². The molecule has 0 N–H and O–H groups in total. The number of fused-ring (bicyclic) bond motifs is 9. The molecule has 0 saturated carbocycles. The van der Waals surface area contributed by atoms with Crippen molar-refractivity contribution in [2.75, 3.05) is 9.80 Å². The van der Waals surface area contributed by atoms with Gasteiger partial charge in [-0.05, 0) is 75.4 Å². The molecule has 2 aliphatic heterocycles. The number of pyridine rings is 1. The zero-order valence-corrected chi connectivity index (χ0v) is 56.4. The molecular weight excluding hydrogens is 1340 g/mol. The van der Waals surface area contributed by atoms with Gasteiger partial charge in [-0.3, -0.25) is 0 Å². The average Bonchev–Trinajstić information content (AvgIpc) is 1.21. The van der Waals surface area contributed by atoms with E-state index in [-0.39, 0.29) is 10.8 Å². The van der Waals surface area contributed by atoms with Gasteiger partial charge < -0.3 is 4.90 Å². The van der Waals surface area contributed by atoms with Gasteiger partial charge in [-0.1, -0.05) is 157 Å². The molecule has 6 nitrogen and oxygen atoms in total. The molecule has 2 aromatic heterocycles. The molecule has 0 amide bonds. The molecule has 7 heteroatoms. The molecule has 12 aromatic carbocycles. The second-order valence-electron chi connectivity index (χ2n) is 27.0. The van der Waals surface area contributed by atoms with Crippen LogP contribution in [0, 0.1) is 22.9 Å². The van der Waals surface area contributed by atoms with E-state index < -0.39 is 5.41 Å². The van der Waals surface area contributed by atoms with E-state index in [0.717, 1.165) is 111 Å². The van der Waals surface area contributed by atoms with E-state index in [9.17, 15) is 0 Å². The summed E-state index contributed by atoms with van der Waals surface area (Å²) in [5, 5.41) is 0. The van der Waals surface area contributed by atoms with Gasteiger partial charge in [0.15, 0.2) is 0 Å². The summed E-state index contributed by atoms with van der Waals surface area (Å²) >= 11 is 2.50. The van der Waals surface area contributed by atoms with Gasteiger partial charge in [0.25, 0.3) is 0 Å². The van der Waals surface area contributed by atoms with Crippen LogP contribution in [0.15, 0.2) is 291 Å². The Labute approximate surface area is 567 Å². The van der Waals surface area contributed by atoms with Gasteiger partial charge in [0, 0.05) is 28.8 Å². The molecule has 4 heterocycles. The molecule has 16 rings (SSSR count). The van der Waals surface area contributed by atoms with Crippen molar-refractivity contribution in [3.8, 4) is 67.4 Å². The molecule has 0 fully saturated rings. The Balaban J connectivity index is 0.871. The molecule has 0 bridgehead atoms. The van der Waals surface area contributed by atoms with Crippen molar-refractivity contribution in [2.45, 2.75) is 64.7 Å². The molecule has 95 heavy (non-hydrogen) atoms. The Bertz CT molecular complexity index is 5210. The molecule has 464 valence electrons. The van der Waals surface area contributed by atoms with Crippen LogP contribution in [-0.2, 0) is 35.6 Å². The van der Waals surface area contributed by atoms with E-state index in [0.29, 0.717) is 11.5 Å². The Morgan fingerprint density at radius 1 is 0.400 bits per heavy atom. The first-order chi connectivity index (χ1) is 46.2. The van der Waals surface area contributed by atoms with Crippen LogP contribution in [0.25, 0.3) is 66.9 Å². The standard InChI is InChI=1S/C88H69N5O.Pt/c1-59-51-84(89-57-73(59)64-47-45-61(46-48-64)60-27-11-8-12-28-60)93-80-42-22-19-39-76(80)88(74-37-17-20-40-78(74)92(79-41-21-18-38-75(79)88)68-53-65(86(2,3)4)52-66(54-68)87(5,6)7)77-50-49-70(56-83(77)93)94-69-34-25-33-67(55-69)90-58-91(82-44-24-23-43-81(82)90)85-71(62-29-13-9-14-30-62)35-26-36-72(85)63-31-15-10-16-32-63;/h8-54,57H,1-7H3;/q-2;. The predicted octanol–water partition coefficient (Wildman–Crippen LogP) is 22.8.